The maximum atomic E-state index is 3.67. The van der Waals surface area contributed by atoms with Crippen molar-refractivity contribution >= 4 is 0 Å². The van der Waals surface area contributed by atoms with E-state index in [9.17, 15) is 0 Å². The van der Waals surface area contributed by atoms with Gasteiger partial charge < -0.3 is 0 Å². The van der Waals surface area contributed by atoms with Crippen molar-refractivity contribution in [1.29, 1.82) is 0 Å². The first-order valence-corrected chi connectivity index (χ1v) is 6.58. The molecule has 0 saturated carbocycles. The zero-order valence-corrected chi connectivity index (χ0v) is 12.6. The zero-order valence-electron chi connectivity index (χ0n) is 12.6. The minimum atomic E-state index is -0.00799. The molecule has 0 amide bonds. The molecule has 0 aromatic heterocycles. The normalized spacial score (nSPS) is 14.2. The second-order valence-electron chi connectivity index (χ2n) is 6.86. The molecule has 2 heteroatoms. The van der Waals surface area contributed by atoms with Gasteiger partial charge in [0.05, 0.1) is 5.66 Å². The summed E-state index contributed by atoms with van der Waals surface area (Å²) in [6.07, 6.45) is 2.34. The molecule has 0 aliphatic heterocycles. The molecule has 0 radical (unpaired) electrons. The van der Waals surface area contributed by atoms with E-state index in [0.717, 1.165) is 13.0 Å². The van der Waals surface area contributed by atoms with Crippen LogP contribution in [-0.4, -0.2) is 17.7 Å². The van der Waals surface area contributed by atoms with Crippen LogP contribution in [0.15, 0.2) is 0 Å². The summed E-state index contributed by atoms with van der Waals surface area (Å²) in [6, 6.07) is 0. The third kappa shape index (κ3) is 6.49. The van der Waals surface area contributed by atoms with Crippen molar-refractivity contribution in [2.24, 2.45) is 5.41 Å². The van der Waals surface area contributed by atoms with Gasteiger partial charge in [0, 0.05) is 12.1 Å². The first kappa shape index (κ1) is 15.9. The minimum Gasteiger partial charge on any atom is -0.299 e. The highest BCUT2D eigenvalue weighted by molar-refractivity contribution is 4.87. The van der Waals surface area contributed by atoms with Gasteiger partial charge in [-0.2, -0.15) is 0 Å². The number of nitrogens with one attached hydrogen (secondary N) is 2. The number of hydrogen-bond acceptors (Lipinski definition) is 2. The lowest BCUT2D eigenvalue weighted by Crippen LogP contribution is -2.60. The van der Waals surface area contributed by atoms with Crippen LogP contribution in [0.5, 0.6) is 0 Å². The Balaban J connectivity index is 4.25. The fraction of sp³-hybridized carbons (Fsp3) is 1.00. The fourth-order valence-corrected chi connectivity index (χ4v) is 1.56. The Hall–Kier alpha value is -0.0800. The highest BCUT2D eigenvalue weighted by atomic mass is 15.2. The molecule has 0 bridgehead atoms. The third-order valence-electron chi connectivity index (χ3n) is 3.50. The number of rotatable bonds is 7. The second-order valence-corrected chi connectivity index (χ2v) is 6.86. The smallest absolute Gasteiger partial charge is 0.0633 e. The van der Waals surface area contributed by atoms with Gasteiger partial charge in [0.2, 0.25) is 0 Å². The lowest BCUT2D eigenvalue weighted by molar-refractivity contribution is 0.188. The van der Waals surface area contributed by atoms with Crippen LogP contribution < -0.4 is 10.6 Å². The highest BCUT2D eigenvalue weighted by Gasteiger charge is 2.27. The van der Waals surface area contributed by atoms with E-state index < -0.39 is 0 Å². The van der Waals surface area contributed by atoms with Gasteiger partial charge in [0.25, 0.3) is 0 Å². The Kier molecular flexibility index (Phi) is 5.48. The molecule has 0 rings (SSSR count). The van der Waals surface area contributed by atoms with Gasteiger partial charge in [-0.05, 0) is 46.0 Å². The predicted molar refractivity (Wildman–Crippen MR) is 73.7 cm³/mol. The van der Waals surface area contributed by atoms with Crippen molar-refractivity contribution in [1.82, 2.24) is 10.6 Å². The molecule has 2 N–H and O–H groups in total. The molecule has 16 heavy (non-hydrogen) atoms. The maximum Gasteiger partial charge on any atom is 0.0633 e. The van der Waals surface area contributed by atoms with Crippen molar-refractivity contribution in [3.8, 4) is 0 Å². The first-order chi connectivity index (χ1) is 7.04. The summed E-state index contributed by atoms with van der Waals surface area (Å²) in [4.78, 5) is 0. The van der Waals surface area contributed by atoms with Crippen molar-refractivity contribution in [2.75, 3.05) is 6.54 Å². The molecular weight excluding hydrogens is 196 g/mol. The van der Waals surface area contributed by atoms with Crippen molar-refractivity contribution in [3.05, 3.63) is 0 Å². The molecule has 0 aliphatic carbocycles. The molecule has 98 valence electrons. The van der Waals surface area contributed by atoms with E-state index in [1.807, 2.05) is 0 Å². The van der Waals surface area contributed by atoms with Crippen LogP contribution in [0, 0.1) is 5.41 Å². The Morgan fingerprint density at radius 3 is 1.69 bits per heavy atom. The van der Waals surface area contributed by atoms with Gasteiger partial charge in [-0.1, -0.05) is 27.7 Å². The van der Waals surface area contributed by atoms with Gasteiger partial charge in [-0.15, -0.1) is 0 Å². The molecule has 2 nitrogen and oxygen atoms in total. The quantitative estimate of drug-likeness (QED) is 0.651. The summed E-state index contributed by atoms with van der Waals surface area (Å²) in [5, 5.41) is 7.30. The summed E-state index contributed by atoms with van der Waals surface area (Å²) >= 11 is 0. The van der Waals surface area contributed by atoms with E-state index in [1.165, 1.54) is 6.42 Å². The van der Waals surface area contributed by atoms with E-state index in [2.05, 4.69) is 66.0 Å². The Labute approximate surface area is 103 Å². The average Bonchev–Trinajstić information content (AvgIpc) is 2.14. The molecule has 0 aromatic carbocycles. The highest BCUT2D eigenvalue weighted by Crippen LogP contribution is 2.20. The van der Waals surface area contributed by atoms with Crippen LogP contribution in [0.2, 0.25) is 0 Å². The standard InChI is InChI=1S/C14H32N2/c1-9-12(3,4)11-15-14(7,8)16-13(5,6)10-2/h15-16H,9-11H2,1-8H3. The monoisotopic (exact) mass is 228 g/mol. The molecule has 0 heterocycles. The van der Waals surface area contributed by atoms with Crippen LogP contribution in [0.4, 0.5) is 0 Å². The molecule has 0 atom stereocenters. The van der Waals surface area contributed by atoms with Gasteiger partial charge in [0.15, 0.2) is 0 Å². The lowest BCUT2D eigenvalue weighted by Gasteiger charge is -2.39. The Bertz CT molecular complexity index is 205. The average molecular weight is 228 g/mol. The fourth-order valence-electron chi connectivity index (χ4n) is 1.56. The molecule has 0 aromatic rings. The van der Waals surface area contributed by atoms with Crippen molar-refractivity contribution < 1.29 is 0 Å². The minimum absolute atomic E-state index is 0.00799. The summed E-state index contributed by atoms with van der Waals surface area (Å²) in [5.74, 6) is 0. The molecule has 0 aliphatic rings. The van der Waals surface area contributed by atoms with Crippen molar-refractivity contribution in [2.45, 2.75) is 79.4 Å². The summed E-state index contributed by atoms with van der Waals surface area (Å²) in [7, 11) is 0. The molecule has 0 unspecified atom stereocenters. The van der Waals surface area contributed by atoms with Crippen LogP contribution in [-0.2, 0) is 0 Å². The first-order valence-electron chi connectivity index (χ1n) is 6.58. The van der Waals surface area contributed by atoms with Crippen LogP contribution >= 0.6 is 0 Å². The summed E-state index contributed by atoms with van der Waals surface area (Å²) in [5.41, 5.74) is 0.550. The van der Waals surface area contributed by atoms with E-state index in [-0.39, 0.29) is 11.2 Å². The Morgan fingerprint density at radius 1 is 0.812 bits per heavy atom. The molecule has 0 spiro atoms. The number of hydrogen-bond donors (Lipinski definition) is 2. The molecule has 0 fully saturated rings. The van der Waals surface area contributed by atoms with Gasteiger partial charge in [-0.3, -0.25) is 10.6 Å². The van der Waals surface area contributed by atoms with E-state index in [0.29, 0.717) is 5.41 Å². The van der Waals surface area contributed by atoms with Crippen LogP contribution in [0.25, 0.3) is 0 Å². The van der Waals surface area contributed by atoms with Crippen molar-refractivity contribution in [3.63, 3.8) is 0 Å². The SMILES string of the molecule is CCC(C)(C)CNC(C)(C)NC(C)(C)CC. The predicted octanol–water partition coefficient (Wildman–Crippen LogP) is 3.53. The van der Waals surface area contributed by atoms with Gasteiger partial charge in [-0.25, -0.2) is 0 Å². The van der Waals surface area contributed by atoms with Crippen LogP contribution in [0.1, 0.15) is 68.2 Å². The summed E-state index contributed by atoms with van der Waals surface area (Å²) < 4.78 is 0. The zero-order chi connectivity index (χ0) is 13.0. The third-order valence-corrected chi connectivity index (χ3v) is 3.50. The largest absolute Gasteiger partial charge is 0.299 e. The van der Waals surface area contributed by atoms with Gasteiger partial charge in [0.1, 0.15) is 0 Å². The van der Waals surface area contributed by atoms with E-state index in [4.69, 9.17) is 0 Å². The molecular formula is C14H32N2. The summed E-state index contributed by atoms with van der Waals surface area (Å²) in [6.45, 7) is 19.1. The lowest BCUT2D eigenvalue weighted by atomic mass is 9.89. The van der Waals surface area contributed by atoms with Gasteiger partial charge >= 0.3 is 0 Å². The maximum absolute atomic E-state index is 3.67. The topological polar surface area (TPSA) is 24.1 Å². The van der Waals surface area contributed by atoms with E-state index in [1.54, 1.807) is 0 Å². The van der Waals surface area contributed by atoms with E-state index >= 15 is 0 Å². The second kappa shape index (κ2) is 5.50. The van der Waals surface area contributed by atoms with Crippen LogP contribution in [0.3, 0.4) is 0 Å². The Morgan fingerprint density at radius 2 is 1.31 bits per heavy atom. The molecule has 0 saturated heterocycles.